The summed E-state index contributed by atoms with van der Waals surface area (Å²) in [5.41, 5.74) is 1.70. The Hall–Kier alpha value is -2.89. The Morgan fingerprint density at radius 3 is 2.56 bits per heavy atom. The third kappa shape index (κ3) is 4.79. The highest BCUT2D eigenvalue weighted by Gasteiger charge is 2.22. The maximum absolute atomic E-state index is 12.5. The Balaban J connectivity index is 2.30. The quantitative estimate of drug-likeness (QED) is 0.807. The first kappa shape index (κ1) is 18.4. The third-order valence-corrected chi connectivity index (χ3v) is 3.71. The van der Waals surface area contributed by atoms with Crippen LogP contribution in [-0.2, 0) is 4.79 Å². The number of aromatic nitrogens is 1. The molecule has 1 aromatic carbocycles. The van der Waals surface area contributed by atoms with Crippen molar-refractivity contribution in [2.24, 2.45) is 5.92 Å². The number of aliphatic carboxylic acids is 1. The second-order valence-corrected chi connectivity index (χ2v) is 6.12. The molecule has 0 aliphatic rings. The fourth-order valence-corrected chi connectivity index (χ4v) is 2.51. The number of hydrogen-bond donors (Lipinski definition) is 2. The molecule has 0 fully saturated rings. The number of pyridine rings is 1. The zero-order valence-electron chi connectivity index (χ0n) is 14.5. The third-order valence-electron chi connectivity index (χ3n) is 3.71. The predicted molar refractivity (Wildman–Crippen MR) is 94.6 cm³/mol. The molecular weight excluding hydrogens is 320 g/mol. The predicted octanol–water partition coefficient (Wildman–Crippen LogP) is 2.99. The van der Waals surface area contributed by atoms with Crippen LogP contribution in [0, 0.1) is 5.92 Å². The van der Waals surface area contributed by atoms with Crippen LogP contribution >= 0.6 is 0 Å². The highest BCUT2D eigenvalue weighted by molar-refractivity contribution is 5.98. The van der Waals surface area contributed by atoms with Gasteiger partial charge in [0.15, 0.2) is 0 Å². The van der Waals surface area contributed by atoms with Crippen LogP contribution in [0.4, 0.5) is 0 Å². The molecule has 2 N–H and O–H groups in total. The van der Waals surface area contributed by atoms with Crippen LogP contribution in [0.25, 0.3) is 11.3 Å². The number of nitrogens with zero attached hydrogens (tertiary/aromatic N) is 1. The van der Waals surface area contributed by atoms with Crippen LogP contribution in [0.15, 0.2) is 42.6 Å². The summed E-state index contributed by atoms with van der Waals surface area (Å²) in [5.74, 6) is -0.734. The normalized spacial score (nSPS) is 11.8. The van der Waals surface area contributed by atoms with Crippen molar-refractivity contribution in [2.45, 2.75) is 26.3 Å². The van der Waals surface area contributed by atoms with Gasteiger partial charge < -0.3 is 15.2 Å². The molecule has 0 aliphatic carbocycles. The molecule has 6 heteroatoms. The van der Waals surface area contributed by atoms with E-state index in [1.165, 1.54) is 0 Å². The minimum Gasteiger partial charge on any atom is -0.496 e. The van der Waals surface area contributed by atoms with E-state index in [9.17, 15) is 14.7 Å². The van der Waals surface area contributed by atoms with Gasteiger partial charge in [-0.05, 0) is 42.7 Å². The lowest BCUT2D eigenvalue weighted by atomic mass is 10.0. The summed E-state index contributed by atoms with van der Waals surface area (Å²) in [6.07, 6.45) is 2.02. The van der Waals surface area contributed by atoms with E-state index in [0.717, 1.165) is 0 Å². The van der Waals surface area contributed by atoms with E-state index in [0.29, 0.717) is 29.0 Å². The molecule has 0 spiro atoms. The fraction of sp³-hybridized carbons (Fsp3) is 0.316. The van der Waals surface area contributed by atoms with Crippen molar-refractivity contribution in [3.63, 3.8) is 0 Å². The molecule has 1 amide bonds. The molecule has 0 saturated heterocycles. The highest BCUT2D eigenvalue weighted by atomic mass is 16.5. The highest BCUT2D eigenvalue weighted by Crippen LogP contribution is 2.29. The fourth-order valence-electron chi connectivity index (χ4n) is 2.51. The number of carboxylic acids is 1. The van der Waals surface area contributed by atoms with Crippen LogP contribution in [-0.4, -0.2) is 35.1 Å². The molecule has 0 bridgehead atoms. The average Bonchev–Trinajstić information content (AvgIpc) is 2.60. The summed E-state index contributed by atoms with van der Waals surface area (Å²) in [4.78, 5) is 28.1. The van der Waals surface area contributed by atoms with Crippen molar-refractivity contribution in [3.8, 4) is 17.0 Å². The molecule has 25 heavy (non-hydrogen) atoms. The van der Waals surface area contributed by atoms with E-state index < -0.39 is 17.9 Å². The van der Waals surface area contributed by atoms with E-state index in [2.05, 4.69) is 10.3 Å². The minimum absolute atomic E-state index is 0.154. The molecule has 6 nitrogen and oxygen atoms in total. The SMILES string of the molecule is COc1ccc(C(=O)N[C@H](CC(C)C)C(=O)O)cc1-c1ccccn1. The maximum atomic E-state index is 12.5. The smallest absolute Gasteiger partial charge is 0.326 e. The zero-order valence-corrected chi connectivity index (χ0v) is 14.5. The molecule has 0 unspecified atom stereocenters. The summed E-state index contributed by atoms with van der Waals surface area (Å²) in [5, 5.41) is 11.9. The number of hydrogen-bond acceptors (Lipinski definition) is 4. The first-order valence-corrected chi connectivity index (χ1v) is 8.05. The van der Waals surface area contributed by atoms with Gasteiger partial charge in [0.1, 0.15) is 11.8 Å². The number of ether oxygens (including phenoxy) is 1. The average molecular weight is 342 g/mol. The number of nitrogens with one attached hydrogen (secondary N) is 1. The van der Waals surface area contributed by atoms with E-state index in [-0.39, 0.29) is 5.92 Å². The molecular formula is C19H22N2O4. The lowest BCUT2D eigenvalue weighted by Gasteiger charge is -2.17. The van der Waals surface area contributed by atoms with Crippen molar-refractivity contribution in [3.05, 3.63) is 48.2 Å². The van der Waals surface area contributed by atoms with Crippen LogP contribution in [0.2, 0.25) is 0 Å². The van der Waals surface area contributed by atoms with Crippen LogP contribution in [0.3, 0.4) is 0 Å². The number of rotatable bonds is 7. The molecule has 0 radical (unpaired) electrons. The number of carbonyl (C=O) groups is 2. The molecule has 1 heterocycles. The summed E-state index contributed by atoms with van der Waals surface area (Å²) in [7, 11) is 1.55. The van der Waals surface area contributed by atoms with Gasteiger partial charge in [-0.25, -0.2) is 4.79 Å². The van der Waals surface area contributed by atoms with E-state index in [1.807, 2.05) is 26.0 Å². The van der Waals surface area contributed by atoms with Crippen molar-refractivity contribution in [2.75, 3.05) is 7.11 Å². The monoisotopic (exact) mass is 342 g/mol. The van der Waals surface area contributed by atoms with Gasteiger partial charge in [-0.1, -0.05) is 19.9 Å². The topological polar surface area (TPSA) is 88.5 Å². The molecule has 0 aliphatic heterocycles. The Kier molecular flexibility index (Phi) is 6.11. The Morgan fingerprint density at radius 1 is 1.24 bits per heavy atom. The van der Waals surface area contributed by atoms with Gasteiger partial charge in [0, 0.05) is 17.3 Å². The number of methoxy groups -OCH3 is 1. The standard InChI is InChI=1S/C19H22N2O4/c1-12(2)10-16(19(23)24)21-18(22)13-7-8-17(25-3)14(11-13)15-6-4-5-9-20-15/h4-9,11-12,16H,10H2,1-3H3,(H,21,22)(H,23,24)/t16-/m1/s1. The van der Waals surface area contributed by atoms with Gasteiger partial charge in [0.25, 0.3) is 5.91 Å². The summed E-state index contributed by atoms with van der Waals surface area (Å²) < 4.78 is 5.34. The number of amides is 1. The Morgan fingerprint density at radius 2 is 2.00 bits per heavy atom. The molecule has 2 aromatic rings. The van der Waals surface area contributed by atoms with Gasteiger partial charge in [0.05, 0.1) is 12.8 Å². The van der Waals surface area contributed by atoms with E-state index >= 15 is 0 Å². The lowest BCUT2D eigenvalue weighted by molar-refractivity contribution is -0.139. The summed E-state index contributed by atoms with van der Waals surface area (Å²) in [6, 6.07) is 9.48. The van der Waals surface area contributed by atoms with Crippen molar-refractivity contribution in [1.29, 1.82) is 0 Å². The Bertz CT molecular complexity index is 744. The molecule has 2 rings (SSSR count). The van der Waals surface area contributed by atoms with Crippen molar-refractivity contribution in [1.82, 2.24) is 10.3 Å². The van der Waals surface area contributed by atoms with Crippen LogP contribution in [0.1, 0.15) is 30.6 Å². The second kappa shape index (κ2) is 8.28. The lowest BCUT2D eigenvalue weighted by Crippen LogP contribution is -2.41. The molecule has 1 atom stereocenters. The summed E-state index contributed by atoms with van der Waals surface area (Å²) in [6.45, 7) is 3.82. The Labute approximate surface area is 146 Å². The minimum atomic E-state index is -1.04. The van der Waals surface area contributed by atoms with Gasteiger partial charge in [-0.15, -0.1) is 0 Å². The largest absolute Gasteiger partial charge is 0.496 e. The van der Waals surface area contributed by atoms with Gasteiger partial charge in [-0.3, -0.25) is 9.78 Å². The van der Waals surface area contributed by atoms with Crippen molar-refractivity contribution >= 4 is 11.9 Å². The first-order chi connectivity index (χ1) is 11.9. The molecule has 1 aromatic heterocycles. The van der Waals surface area contributed by atoms with Gasteiger partial charge >= 0.3 is 5.97 Å². The molecule has 132 valence electrons. The zero-order chi connectivity index (χ0) is 18.4. The van der Waals surface area contributed by atoms with Crippen molar-refractivity contribution < 1.29 is 19.4 Å². The number of carboxylic acid groups (broad SMARTS) is 1. The molecule has 0 saturated carbocycles. The maximum Gasteiger partial charge on any atom is 0.326 e. The van der Waals surface area contributed by atoms with Crippen LogP contribution in [0.5, 0.6) is 5.75 Å². The first-order valence-electron chi connectivity index (χ1n) is 8.05. The van der Waals surface area contributed by atoms with E-state index in [1.54, 1.807) is 37.6 Å². The van der Waals surface area contributed by atoms with Gasteiger partial charge in [-0.2, -0.15) is 0 Å². The van der Waals surface area contributed by atoms with Gasteiger partial charge in [0.2, 0.25) is 0 Å². The van der Waals surface area contributed by atoms with E-state index in [4.69, 9.17) is 4.74 Å². The number of benzene rings is 1. The summed E-state index contributed by atoms with van der Waals surface area (Å²) >= 11 is 0. The number of carbonyl (C=O) groups excluding carboxylic acids is 1. The van der Waals surface area contributed by atoms with Crippen LogP contribution < -0.4 is 10.1 Å². The second-order valence-electron chi connectivity index (χ2n) is 6.12.